The maximum Gasteiger partial charge on any atom is 0.174 e. The molecule has 3 nitrogen and oxygen atoms in total. The van der Waals surface area contributed by atoms with Crippen LogP contribution in [0.15, 0.2) is 0 Å². The number of ether oxygens (including phenoxy) is 3. The van der Waals surface area contributed by atoms with Gasteiger partial charge < -0.3 is 14.2 Å². The summed E-state index contributed by atoms with van der Waals surface area (Å²) in [7, 11) is 0. The molecule has 2 rings (SSSR count). The molecule has 2 heterocycles. The van der Waals surface area contributed by atoms with E-state index in [1.54, 1.807) is 0 Å². The van der Waals surface area contributed by atoms with E-state index in [0.717, 1.165) is 37.5 Å². The fourth-order valence-corrected chi connectivity index (χ4v) is 6.50. The second-order valence-electron chi connectivity index (χ2n) is 13.7. The second kappa shape index (κ2) is 18.3. The summed E-state index contributed by atoms with van der Waals surface area (Å²) in [5, 5.41) is 0. The van der Waals surface area contributed by atoms with Gasteiger partial charge >= 0.3 is 0 Å². The maximum absolute atomic E-state index is 6.78. The zero-order valence-corrected chi connectivity index (χ0v) is 26.1. The van der Waals surface area contributed by atoms with Gasteiger partial charge in [0.25, 0.3) is 0 Å². The molecule has 0 aromatic carbocycles. The lowest BCUT2D eigenvalue weighted by atomic mass is 9.91. The van der Waals surface area contributed by atoms with Crippen molar-refractivity contribution >= 4 is 0 Å². The summed E-state index contributed by atoms with van der Waals surface area (Å²) < 4.78 is 19.4. The third-order valence-corrected chi connectivity index (χ3v) is 8.58. The first-order valence-electron chi connectivity index (χ1n) is 16.8. The predicted molar refractivity (Wildman–Crippen MR) is 159 cm³/mol. The van der Waals surface area contributed by atoms with Crippen molar-refractivity contribution in [3.63, 3.8) is 0 Å². The van der Waals surface area contributed by atoms with Crippen LogP contribution in [0.5, 0.6) is 0 Å². The molecule has 0 radical (unpaired) electrons. The van der Waals surface area contributed by atoms with Crippen molar-refractivity contribution in [1.29, 1.82) is 0 Å². The van der Waals surface area contributed by atoms with E-state index < -0.39 is 0 Å². The van der Waals surface area contributed by atoms with Crippen LogP contribution in [-0.4, -0.2) is 23.8 Å². The Morgan fingerprint density at radius 1 is 0.514 bits per heavy atom. The minimum atomic E-state index is -0.383. The molecule has 0 spiro atoms. The van der Waals surface area contributed by atoms with Crippen LogP contribution in [0.25, 0.3) is 0 Å². The van der Waals surface area contributed by atoms with Crippen LogP contribution in [0.4, 0.5) is 0 Å². The van der Waals surface area contributed by atoms with Gasteiger partial charge in [-0.15, -0.1) is 0 Å². The molecule has 0 aliphatic carbocycles. The van der Waals surface area contributed by atoms with Crippen LogP contribution < -0.4 is 0 Å². The summed E-state index contributed by atoms with van der Waals surface area (Å²) in [5.74, 6) is 0.953. The van der Waals surface area contributed by atoms with Gasteiger partial charge in [-0.25, -0.2) is 0 Å². The predicted octanol–water partition coefficient (Wildman–Crippen LogP) is 11.1. The third kappa shape index (κ3) is 14.2. The van der Waals surface area contributed by atoms with Crippen LogP contribution >= 0.6 is 0 Å². The molecular formula is C34H66O3. The largest absolute Gasteiger partial charge is 0.347 e. The highest BCUT2D eigenvalue weighted by atomic mass is 16.8. The average molecular weight is 523 g/mol. The standard InChI is InChI=1S/C34H66O3/c1-29(2)23-19-15-11-7-9-13-17-21-25-33(27-31(5)35-33)37-34(28-32(6)36-34)26-22-18-14-10-8-12-16-20-24-30(3)4/h29-32H,7-28H2,1-6H3. The van der Waals surface area contributed by atoms with Gasteiger partial charge in [0.1, 0.15) is 0 Å². The van der Waals surface area contributed by atoms with Crippen molar-refractivity contribution in [1.82, 2.24) is 0 Å². The number of unbranched alkanes of at least 4 members (excludes halogenated alkanes) is 14. The molecule has 2 saturated heterocycles. The van der Waals surface area contributed by atoms with Gasteiger partial charge in [0, 0.05) is 25.7 Å². The van der Waals surface area contributed by atoms with Gasteiger partial charge in [0.2, 0.25) is 0 Å². The maximum atomic E-state index is 6.78. The molecule has 4 unspecified atom stereocenters. The van der Waals surface area contributed by atoms with Crippen molar-refractivity contribution in [3.05, 3.63) is 0 Å². The van der Waals surface area contributed by atoms with Crippen molar-refractivity contribution in [2.24, 2.45) is 11.8 Å². The highest BCUT2D eigenvalue weighted by molar-refractivity contribution is 4.91. The SMILES string of the molecule is CC(C)CCCCCCCCCCC1(OC2(CCCCCCCCCCC(C)C)CC(C)O2)CC(C)O1. The average Bonchev–Trinajstić information content (AvgIpc) is 2.79. The van der Waals surface area contributed by atoms with Crippen LogP contribution in [0.2, 0.25) is 0 Å². The second-order valence-corrected chi connectivity index (χ2v) is 13.7. The Bertz CT molecular complexity index is 497. The van der Waals surface area contributed by atoms with E-state index in [4.69, 9.17) is 14.2 Å². The molecule has 37 heavy (non-hydrogen) atoms. The quantitative estimate of drug-likeness (QED) is 0.118. The highest BCUT2D eigenvalue weighted by Gasteiger charge is 2.54. The van der Waals surface area contributed by atoms with E-state index in [1.165, 1.54) is 116 Å². The Labute approximate surface area is 232 Å². The first kappa shape index (κ1) is 33.1. The smallest absolute Gasteiger partial charge is 0.174 e. The number of hydrogen-bond donors (Lipinski definition) is 0. The van der Waals surface area contributed by atoms with Crippen molar-refractivity contribution < 1.29 is 14.2 Å². The fraction of sp³-hybridized carbons (Fsp3) is 1.00. The number of rotatable bonds is 24. The third-order valence-electron chi connectivity index (χ3n) is 8.58. The molecule has 2 fully saturated rings. The van der Waals surface area contributed by atoms with E-state index >= 15 is 0 Å². The highest BCUT2D eigenvalue weighted by Crippen LogP contribution is 2.48. The monoisotopic (exact) mass is 523 g/mol. The first-order chi connectivity index (χ1) is 17.7. The van der Waals surface area contributed by atoms with Crippen molar-refractivity contribution in [2.45, 2.75) is 207 Å². The van der Waals surface area contributed by atoms with Gasteiger partial charge in [-0.1, -0.05) is 130 Å². The molecule has 0 bridgehead atoms. The Morgan fingerprint density at radius 3 is 1.05 bits per heavy atom. The molecule has 0 amide bonds. The number of hydrogen-bond acceptors (Lipinski definition) is 3. The summed E-state index contributed by atoms with van der Waals surface area (Å²) in [4.78, 5) is 0. The van der Waals surface area contributed by atoms with Crippen molar-refractivity contribution in [2.75, 3.05) is 0 Å². The minimum Gasteiger partial charge on any atom is -0.347 e. The molecule has 0 saturated carbocycles. The lowest BCUT2D eigenvalue weighted by molar-refractivity contribution is -0.457. The van der Waals surface area contributed by atoms with E-state index in [0.29, 0.717) is 12.2 Å². The Hall–Kier alpha value is -0.120. The van der Waals surface area contributed by atoms with Crippen LogP contribution in [0.1, 0.15) is 183 Å². The Balaban J connectivity index is 1.58. The molecule has 220 valence electrons. The summed E-state index contributed by atoms with van der Waals surface area (Å²) in [6.07, 6.45) is 29.3. The van der Waals surface area contributed by atoms with Crippen LogP contribution in [-0.2, 0) is 14.2 Å². The van der Waals surface area contributed by atoms with Crippen LogP contribution in [0, 0.1) is 11.8 Å². The summed E-state index contributed by atoms with van der Waals surface area (Å²) in [5.41, 5.74) is 0. The summed E-state index contributed by atoms with van der Waals surface area (Å²) in [6.45, 7) is 13.7. The molecule has 4 atom stereocenters. The first-order valence-corrected chi connectivity index (χ1v) is 16.8. The van der Waals surface area contributed by atoms with E-state index in [-0.39, 0.29) is 11.6 Å². The molecule has 2 aliphatic rings. The Kier molecular flexibility index (Phi) is 16.3. The van der Waals surface area contributed by atoms with Gasteiger partial charge in [-0.05, 0) is 38.5 Å². The molecule has 0 aromatic heterocycles. The van der Waals surface area contributed by atoms with E-state index in [2.05, 4.69) is 41.5 Å². The van der Waals surface area contributed by atoms with E-state index in [1.807, 2.05) is 0 Å². The lowest BCUT2D eigenvalue weighted by Gasteiger charge is -2.55. The molecule has 2 aliphatic heterocycles. The topological polar surface area (TPSA) is 27.7 Å². The van der Waals surface area contributed by atoms with Gasteiger partial charge in [0.05, 0.1) is 12.2 Å². The molecular weight excluding hydrogens is 456 g/mol. The zero-order chi connectivity index (χ0) is 27.0. The molecule has 3 heteroatoms. The summed E-state index contributed by atoms with van der Waals surface area (Å²) in [6, 6.07) is 0. The summed E-state index contributed by atoms with van der Waals surface area (Å²) >= 11 is 0. The van der Waals surface area contributed by atoms with E-state index in [9.17, 15) is 0 Å². The van der Waals surface area contributed by atoms with Crippen molar-refractivity contribution in [3.8, 4) is 0 Å². The van der Waals surface area contributed by atoms with Crippen LogP contribution in [0.3, 0.4) is 0 Å². The lowest BCUT2D eigenvalue weighted by Crippen LogP contribution is -2.61. The minimum absolute atomic E-state index is 0.320. The van der Waals surface area contributed by atoms with Gasteiger partial charge in [-0.3, -0.25) is 0 Å². The Morgan fingerprint density at radius 2 is 0.784 bits per heavy atom. The molecule has 0 N–H and O–H groups in total. The van der Waals surface area contributed by atoms with Gasteiger partial charge in [0.15, 0.2) is 11.6 Å². The van der Waals surface area contributed by atoms with Gasteiger partial charge in [-0.2, -0.15) is 0 Å². The zero-order valence-electron chi connectivity index (χ0n) is 26.1. The normalized spacial score (nSPS) is 27.6. The molecule has 0 aromatic rings. The fourth-order valence-electron chi connectivity index (χ4n) is 6.50.